The van der Waals surface area contributed by atoms with Gasteiger partial charge in [0.05, 0.1) is 18.1 Å². The number of carbonyl (C=O) groups is 1. The van der Waals surface area contributed by atoms with Crippen molar-refractivity contribution in [2.75, 3.05) is 5.32 Å². The second-order valence-electron chi connectivity index (χ2n) is 6.84. The number of amides is 1. The molecule has 1 aliphatic carbocycles. The second-order valence-corrected chi connectivity index (χ2v) is 6.84. The van der Waals surface area contributed by atoms with Crippen molar-refractivity contribution in [3.63, 3.8) is 0 Å². The summed E-state index contributed by atoms with van der Waals surface area (Å²) in [6.45, 7) is 1.82. The van der Waals surface area contributed by atoms with E-state index in [1.807, 2.05) is 19.2 Å². The molecule has 2 aliphatic rings. The van der Waals surface area contributed by atoms with E-state index >= 15 is 0 Å². The molecule has 3 N–H and O–H groups in total. The normalized spacial score (nSPS) is 28.4. The minimum Gasteiger partial charge on any atom is -0.322 e. The average molecular weight is 338 g/mol. The molecule has 1 amide bonds. The summed E-state index contributed by atoms with van der Waals surface area (Å²) >= 11 is 0. The van der Waals surface area contributed by atoms with E-state index in [9.17, 15) is 4.79 Å². The van der Waals surface area contributed by atoms with Gasteiger partial charge >= 0.3 is 0 Å². The molecule has 1 aliphatic heterocycles. The van der Waals surface area contributed by atoms with Crippen molar-refractivity contribution in [1.82, 2.24) is 25.8 Å². The fourth-order valence-corrected chi connectivity index (χ4v) is 3.91. The van der Waals surface area contributed by atoms with Crippen LogP contribution in [0.15, 0.2) is 36.9 Å². The maximum atomic E-state index is 12.7. The molecule has 25 heavy (non-hydrogen) atoms. The summed E-state index contributed by atoms with van der Waals surface area (Å²) in [6, 6.07) is 4.18. The lowest BCUT2D eigenvalue weighted by Gasteiger charge is -2.32. The van der Waals surface area contributed by atoms with Gasteiger partial charge in [-0.2, -0.15) is 0 Å². The number of nitrogens with one attached hydrogen (secondary N) is 3. The fourth-order valence-electron chi connectivity index (χ4n) is 3.91. The standard InChI is InChI=1S/C18H22N6O/c1-11-20-9-14(10-21-11)22-18(25)17-15-7-12(4-5-16(15)23-24-17)13-3-2-6-19-8-13/h2-3,6,8-10,12,15-17,23-24H,4-5,7H2,1H3,(H,22,25). The third-order valence-corrected chi connectivity index (χ3v) is 5.24. The van der Waals surface area contributed by atoms with Crippen molar-refractivity contribution >= 4 is 11.6 Å². The number of hydrogen-bond donors (Lipinski definition) is 3. The van der Waals surface area contributed by atoms with E-state index in [0.717, 1.165) is 19.3 Å². The molecule has 4 atom stereocenters. The van der Waals surface area contributed by atoms with Crippen molar-refractivity contribution in [1.29, 1.82) is 0 Å². The van der Waals surface area contributed by atoms with Crippen LogP contribution in [0.3, 0.4) is 0 Å². The monoisotopic (exact) mass is 338 g/mol. The first-order valence-electron chi connectivity index (χ1n) is 8.71. The number of aryl methyl sites for hydroxylation is 1. The molecule has 130 valence electrons. The second kappa shape index (κ2) is 6.85. The lowest BCUT2D eigenvalue weighted by molar-refractivity contribution is -0.119. The Kier molecular flexibility index (Phi) is 4.42. The summed E-state index contributed by atoms with van der Waals surface area (Å²) in [5.41, 5.74) is 8.37. The molecule has 1 saturated heterocycles. The number of fused-ring (bicyclic) bond motifs is 1. The van der Waals surface area contributed by atoms with Crippen LogP contribution in [0.4, 0.5) is 5.69 Å². The number of hydrazine groups is 1. The van der Waals surface area contributed by atoms with E-state index in [-0.39, 0.29) is 17.9 Å². The van der Waals surface area contributed by atoms with Crippen LogP contribution < -0.4 is 16.2 Å². The zero-order chi connectivity index (χ0) is 17.2. The Labute approximate surface area is 146 Å². The van der Waals surface area contributed by atoms with Crippen LogP contribution in [0.25, 0.3) is 0 Å². The Bertz CT molecular complexity index is 735. The summed E-state index contributed by atoms with van der Waals surface area (Å²) in [5, 5.41) is 2.92. The minimum absolute atomic E-state index is 0.0423. The molecule has 2 aromatic heterocycles. The molecule has 7 heteroatoms. The molecule has 7 nitrogen and oxygen atoms in total. The highest BCUT2D eigenvalue weighted by atomic mass is 16.2. The summed E-state index contributed by atoms with van der Waals surface area (Å²) in [5.74, 6) is 1.35. The van der Waals surface area contributed by atoms with Gasteiger partial charge in [-0.15, -0.1) is 0 Å². The van der Waals surface area contributed by atoms with Crippen LogP contribution in [0.2, 0.25) is 0 Å². The Morgan fingerprint density at radius 3 is 2.80 bits per heavy atom. The Balaban J connectivity index is 1.45. The van der Waals surface area contributed by atoms with Gasteiger partial charge in [-0.1, -0.05) is 6.07 Å². The lowest BCUT2D eigenvalue weighted by Crippen LogP contribution is -2.42. The van der Waals surface area contributed by atoms with Crippen molar-refractivity contribution < 1.29 is 4.79 Å². The van der Waals surface area contributed by atoms with Gasteiger partial charge in [0, 0.05) is 24.4 Å². The molecule has 2 fully saturated rings. The van der Waals surface area contributed by atoms with Crippen molar-refractivity contribution in [2.45, 2.75) is 44.2 Å². The number of carbonyl (C=O) groups excluding carboxylic acids is 1. The number of aromatic nitrogens is 3. The van der Waals surface area contributed by atoms with Crippen LogP contribution >= 0.6 is 0 Å². The highest BCUT2D eigenvalue weighted by Gasteiger charge is 2.43. The number of anilines is 1. The van der Waals surface area contributed by atoms with E-state index in [2.05, 4.69) is 37.2 Å². The molecule has 4 unspecified atom stereocenters. The van der Waals surface area contributed by atoms with Crippen LogP contribution in [0.5, 0.6) is 0 Å². The van der Waals surface area contributed by atoms with E-state index < -0.39 is 0 Å². The first-order chi connectivity index (χ1) is 12.2. The van der Waals surface area contributed by atoms with E-state index in [4.69, 9.17) is 0 Å². The quantitative estimate of drug-likeness (QED) is 0.786. The predicted octanol–water partition coefficient (Wildman–Crippen LogP) is 1.55. The first-order valence-corrected chi connectivity index (χ1v) is 8.71. The average Bonchev–Trinajstić information content (AvgIpc) is 3.07. The number of pyridine rings is 1. The van der Waals surface area contributed by atoms with Crippen molar-refractivity contribution in [3.05, 3.63) is 48.3 Å². The predicted molar refractivity (Wildman–Crippen MR) is 93.6 cm³/mol. The zero-order valence-electron chi connectivity index (χ0n) is 14.1. The van der Waals surface area contributed by atoms with Crippen LogP contribution in [0, 0.1) is 12.8 Å². The maximum absolute atomic E-state index is 12.7. The van der Waals surface area contributed by atoms with Crippen LogP contribution in [-0.4, -0.2) is 32.9 Å². The van der Waals surface area contributed by atoms with Gasteiger partial charge < -0.3 is 5.32 Å². The highest BCUT2D eigenvalue weighted by molar-refractivity contribution is 5.95. The van der Waals surface area contributed by atoms with Crippen molar-refractivity contribution in [3.8, 4) is 0 Å². The van der Waals surface area contributed by atoms with Gasteiger partial charge in [0.2, 0.25) is 5.91 Å². The SMILES string of the molecule is Cc1ncc(NC(=O)C2NNC3CCC(c4cccnc4)CC32)cn1. The summed E-state index contributed by atoms with van der Waals surface area (Å²) in [4.78, 5) is 25.2. The fraction of sp³-hybridized carbons (Fsp3) is 0.444. The number of nitrogens with zero attached hydrogens (tertiary/aromatic N) is 3. The summed E-state index contributed by atoms with van der Waals surface area (Å²) in [6.07, 6.45) is 10.2. The van der Waals surface area contributed by atoms with Gasteiger partial charge in [-0.3, -0.25) is 15.2 Å². The van der Waals surface area contributed by atoms with Crippen LogP contribution in [-0.2, 0) is 4.79 Å². The van der Waals surface area contributed by atoms with E-state index in [1.54, 1.807) is 18.6 Å². The van der Waals surface area contributed by atoms with Gasteiger partial charge in [-0.25, -0.2) is 15.4 Å². The molecular formula is C18H22N6O. The lowest BCUT2D eigenvalue weighted by atomic mass is 9.73. The molecular weight excluding hydrogens is 316 g/mol. The smallest absolute Gasteiger partial charge is 0.243 e. The highest BCUT2D eigenvalue weighted by Crippen LogP contribution is 2.39. The molecule has 4 rings (SSSR count). The maximum Gasteiger partial charge on any atom is 0.243 e. The molecule has 0 spiro atoms. The Morgan fingerprint density at radius 1 is 1.20 bits per heavy atom. The Hall–Kier alpha value is -2.38. The van der Waals surface area contributed by atoms with E-state index in [0.29, 0.717) is 23.5 Å². The number of hydrogen-bond acceptors (Lipinski definition) is 6. The summed E-state index contributed by atoms with van der Waals surface area (Å²) < 4.78 is 0. The summed E-state index contributed by atoms with van der Waals surface area (Å²) in [7, 11) is 0. The largest absolute Gasteiger partial charge is 0.322 e. The van der Waals surface area contributed by atoms with Gasteiger partial charge in [0.1, 0.15) is 11.9 Å². The first kappa shape index (κ1) is 16.1. The van der Waals surface area contributed by atoms with Gasteiger partial charge in [-0.05, 0) is 43.7 Å². The Morgan fingerprint density at radius 2 is 2.04 bits per heavy atom. The topological polar surface area (TPSA) is 91.8 Å². The third-order valence-electron chi connectivity index (χ3n) is 5.24. The van der Waals surface area contributed by atoms with Gasteiger partial charge in [0.25, 0.3) is 0 Å². The molecule has 0 aromatic carbocycles. The molecule has 0 radical (unpaired) electrons. The molecule has 0 bridgehead atoms. The van der Waals surface area contributed by atoms with Crippen LogP contribution in [0.1, 0.15) is 36.6 Å². The zero-order valence-corrected chi connectivity index (χ0v) is 14.1. The third kappa shape index (κ3) is 3.38. The molecule has 3 heterocycles. The van der Waals surface area contributed by atoms with E-state index in [1.165, 1.54) is 5.56 Å². The molecule has 2 aromatic rings. The number of rotatable bonds is 3. The van der Waals surface area contributed by atoms with Gasteiger partial charge in [0.15, 0.2) is 0 Å². The minimum atomic E-state index is -0.259. The molecule has 1 saturated carbocycles. The van der Waals surface area contributed by atoms with Crippen molar-refractivity contribution in [2.24, 2.45) is 5.92 Å².